The van der Waals surface area contributed by atoms with E-state index in [2.05, 4.69) is 16.3 Å². The van der Waals surface area contributed by atoms with E-state index in [1.54, 1.807) is 25.1 Å². The summed E-state index contributed by atoms with van der Waals surface area (Å²) in [5.74, 6) is 0.0359. The molecule has 0 bridgehead atoms. The minimum atomic E-state index is -0.922. The lowest BCUT2D eigenvalue weighted by Gasteiger charge is -2.30. The van der Waals surface area contributed by atoms with Crippen LogP contribution in [0.2, 0.25) is 0 Å². The average Bonchev–Trinajstić information content (AvgIpc) is 3.28. The number of carbonyl (C=O) groups excluding carboxylic acids is 2. The molecule has 0 aromatic heterocycles. The number of carbonyl (C=O) groups is 2. The number of amides is 1. The minimum absolute atomic E-state index is 0.389. The van der Waals surface area contributed by atoms with E-state index in [9.17, 15) is 9.59 Å². The summed E-state index contributed by atoms with van der Waals surface area (Å²) < 4.78 is 16.6. The van der Waals surface area contributed by atoms with Gasteiger partial charge >= 0.3 is 5.97 Å². The Morgan fingerprint density at radius 1 is 1.10 bits per heavy atom. The van der Waals surface area contributed by atoms with Gasteiger partial charge in [-0.1, -0.05) is 12.1 Å². The van der Waals surface area contributed by atoms with Crippen LogP contribution in [-0.2, 0) is 14.3 Å². The van der Waals surface area contributed by atoms with E-state index >= 15 is 0 Å². The average molecular weight is 410 g/mol. The molecule has 1 N–H and O–H groups in total. The number of para-hydroxylation sites is 2. The van der Waals surface area contributed by atoms with Crippen molar-refractivity contribution in [1.29, 1.82) is 0 Å². The first-order chi connectivity index (χ1) is 14.5. The fourth-order valence-corrected chi connectivity index (χ4v) is 3.74. The maximum Gasteiger partial charge on any atom is 0.351 e. The van der Waals surface area contributed by atoms with Crippen molar-refractivity contribution >= 4 is 23.3 Å². The first-order valence-electron chi connectivity index (χ1n) is 10.3. The molecule has 1 saturated heterocycles. The second-order valence-corrected chi connectivity index (χ2v) is 7.66. The molecule has 7 heteroatoms. The lowest BCUT2D eigenvalue weighted by atomic mass is 10.1. The minimum Gasteiger partial charge on any atom is -0.482 e. The number of benzene rings is 2. The highest BCUT2D eigenvalue weighted by atomic mass is 16.6. The van der Waals surface area contributed by atoms with Crippen molar-refractivity contribution in [3.8, 4) is 11.5 Å². The van der Waals surface area contributed by atoms with Gasteiger partial charge in [-0.15, -0.1) is 0 Å². The van der Waals surface area contributed by atoms with Gasteiger partial charge in [0.05, 0.1) is 0 Å². The number of ether oxygens (including phenoxy) is 3. The number of esters is 1. The lowest BCUT2D eigenvalue weighted by molar-refractivity contribution is -0.159. The molecule has 2 heterocycles. The fourth-order valence-electron chi connectivity index (χ4n) is 3.74. The Balaban J connectivity index is 1.31. The molecule has 2 aliphatic rings. The Morgan fingerprint density at radius 2 is 1.80 bits per heavy atom. The highest BCUT2D eigenvalue weighted by molar-refractivity contribution is 5.94. The SMILES string of the molecule is Cc1cc(N2CCCC2)ccc1NC(=O)COC(=O)C1Oc2ccccc2OC1C. The van der Waals surface area contributed by atoms with E-state index in [0.717, 1.165) is 24.3 Å². The summed E-state index contributed by atoms with van der Waals surface area (Å²) in [5.41, 5.74) is 2.84. The molecular formula is C23H26N2O5. The maximum absolute atomic E-state index is 12.4. The van der Waals surface area contributed by atoms with E-state index in [0.29, 0.717) is 17.2 Å². The van der Waals surface area contributed by atoms with Gasteiger partial charge in [-0.3, -0.25) is 4.79 Å². The summed E-state index contributed by atoms with van der Waals surface area (Å²) >= 11 is 0. The molecule has 1 amide bonds. The highest BCUT2D eigenvalue weighted by Gasteiger charge is 2.35. The third kappa shape index (κ3) is 4.35. The van der Waals surface area contributed by atoms with Gasteiger partial charge in [-0.2, -0.15) is 0 Å². The monoisotopic (exact) mass is 410 g/mol. The summed E-state index contributed by atoms with van der Waals surface area (Å²) in [6.45, 7) is 5.43. The van der Waals surface area contributed by atoms with Gasteiger partial charge in [0.1, 0.15) is 6.10 Å². The molecule has 0 saturated carbocycles. The topological polar surface area (TPSA) is 77.1 Å². The van der Waals surface area contributed by atoms with Crippen LogP contribution in [0, 0.1) is 6.92 Å². The number of anilines is 2. The fraction of sp³-hybridized carbons (Fsp3) is 0.391. The van der Waals surface area contributed by atoms with Crippen molar-refractivity contribution in [2.75, 3.05) is 29.9 Å². The summed E-state index contributed by atoms with van der Waals surface area (Å²) in [6.07, 6.45) is 0.983. The molecule has 2 aromatic carbocycles. The van der Waals surface area contributed by atoms with Crippen molar-refractivity contribution in [1.82, 2.24) is 0 Å². The summed E-state index contributed by atoms with van der Waals surface area (Å²) in [4.78, 5) is 27.1. The van der Waals surface area contributed by atoms with Crippen LogP contribution in [0.4, 0.5) is 11.4 Å². The highest BCUT2D eigenvalue weighted by Crippen LogP contribution is 2.33. The Kier molecular flexibility index (Phi) is 5.79. The van der Waals surface area contributed by atoms with E-state index in [1.807, 2.05) is 25.1 Å². The standard InChI is InChI=1S/C23H26N2O5/c1-15-13-17(25-11-5-6-12-25)9-10-18(15)24-21(26)14-28-23(27)22-16(2)29-19-7-3-4-8-20(19)30-22/h3-4,7-10,13,16,22H,5-6,11-12,14H2,1-2H3,(H,24,26). The van der Waals surface area contributed by atoms with E-state index in [4.69, 9.17) is 14.2 Å². The Hall–Kier alpha value is -3.22. The molecule has 7 nitrogen and oxygen atoms in total. The molecule has 0 spiro atoms. The zero-order valence-corrected chi connectivity index (χ0v) is 17.2. The van der Waals surface area contributed by atoms with Crippen molar-refractivity contribution in [2.45, 2.75) is 38.9 Å². The third-order valence-electron chi connectivity index (χ3n) is 5.38. The number of nitrogens with zero attached hydrogens (tertiary/aromatic N) is 1. The number of hydrogen-bond donors (Lipinski definition) is 1. The second kappa shape index (κ2) is 8.65. The van der Waals surface area contributed by atoms with Gasteiger partial charge in [0.25, 0.3) is 5.91 Å². The number of fused-ring (bicyclic) bond motifs is 1. The third-order valence-corrected chi connectivity index (χ3v) is 5.38. The predicted octanol–water partition coefficient (Wildman–Crippen LogP) is 3.31. The van der Waals surface area contributed by atoms with Gasteiger partial charge in [0.2, 0.25) is 6.10 Å². The lowest BCUT2D eigenvalue weighted by Crippen LogP contribution is -2.45. The van der Waals surface area contributed by atoms with Crippen LogP contribution in [0.25, 0.3) is 0 Å². The summed E-state index contributed by atoms with van der Waals surface area (Å²) in [6, 6.07) is 13.1. The van der Waals surface area contributed by atoms with Gasteiger partial charge in [0.15, 0.2) is 18.1 Å². The quantitative estimate of drug-likeness (QED) is 0.762. The van der Waals surface area contributed by atoms with Crippen molar-refractivity contribution < 1.29 is 23.8 Å². The largest absolute Gasteiger partial charge is 0.482 e. The van der Waals surface area contributed by atoms with Crippen LogP contribution in [0.5, 0.6) is 11.5 Å². The van der Waals surface area contributed by atoms with Gasteiger partial charge in [-0.25, -0.2) is 4.79 Å². The van der Waals surface area contributed by atoms with Crippen molar-refractivity contribution in [3.05, 3.63) is 48.0 Å². The molecule has 2 unspecified atom stereocenters. The van der Waals surface area contributed by atoms with Crippen LogP contribution in [0.1, 0.15) is 25.3 Å². The molecule has 2 atom stereocenters. The molecule has 0 aliphatic carbocycles. The summed E-state index contributed by atoms with van der Waals surface area (Å²) in [7, 11) is 0. The molecule has 30 heavy (non-hydrogen) atoms. The van der Waals surface area contributed by atoms with E-state index in [1.165, 1.54) is 12.8 Å². The maximum atomic E-state index is 12.4. The van der Waals surface area contributed by atoms with Gasteiger partial charge in [-0.05, 0) is 62.6 Å². The van der Waals surface area contributed by atoms with Crippen molar-refractivity contribution in [2.24, 2.45) is 0 Å². The zero-order chi connectivity index (χ0) is 21.1. The van der Waals surface area contributed by atoms with Gasteiger partial charge < -0.3 is 24.4 Å². The number of aryl methyl sites for hydroxylation is 1. The molecule has 0 radical (unpaired) electrons. The zero-order valence-electron chi connectivity index (χ0n) is 17.2. The molecule has 4 rings (SSSR count). The van der Waals surface area contributed by atoms with Gasteiger partial charge in [0, 0.05) is 24.5 Å². The predicted molar refractivity (Wildman–Crippen MR) is 113 cm³/mol. The van der Waals surface area contributed by atoms with Crippen LogP contribution in [0.3, 0.4) is 0 Å². The smallest absolute Gasteiger partial charge is 0.351 e. The summed E-state index contributed by atoms with van der Waals surface area (Å²) in [5, 5.41) is 2.81. The van der Waals surface area contributed by atoms with Crippen LogP contribution in [0.15, 0.2) is 42.5 Å². The first-order valence-corrected chi connectivity index (χ1v) is 10.3. The molecule has 158 valence electrons. The van der Waals surface area contributed by atoms with Crippen LogP contribution >= 0.6 is 0 Å². The van der Waals surface area contributed by atoms with E-state index < -0.39 is 24.1 Å². The molecule has 2 aliphatic heterocycles. The normalized spacial score (nSPS) is 20.0. The van der Waals surface area contributed by atoms with E-state index in [-0.39, 0.29) is 6.61 Å². The first kappa shape index (κ1) is 20.1. The molecular weight excluding hydrogens is 384 g/mol. The Morgan fingerprint density at radius 3 is 2.50 bits per heavy atom. The number of rotatable bonds is 5. The Labute approximate surface area is 175 Å². The Bertz CT molecular complexity index is 939. The second-order valence-electron chi connectivity index (χ2n) is 7.66. The molecule has 2 aromatic rings. The molecule has 1 fully saturated rings. The van der Waals surface area contributed by atoms with Crippen molar-refractivity contribution in [3.63, 3.8) is 0 Å². The number of nitrogens with one attached hydrogen (secondary N) is 1. The van der Waals surface area contributed by atoms with Crippen LogP contribution in [-0.4, -0.2) is 43.8 Å². The number of hydrogen-bond acceptors (Lipinski definition) is 6. The van der Waals surface area contributed by atoms with Crippen LogP contribution < -0.4 is 19.7 Å².